The average molecular weight is 369 g/mol. The Balaban J connectivity index is 1.62. The second kappa shape index (κ2) is 8.79. The van der Waals surface area contributed by atoms with E-state index in [0.29, 0.717) is 0 Å². The maximum atomic E-state index is 12.3. The number of rotatable bonds is 6. The van der Waals surface area contributed by atoms with E-state index < -0.39 is 18.5 Å². The maximum absolute atomic E-state index is 12.3. The van der Waals surface area contributed by atoms with Crippen molar-refractivity contribution in [3.8, 4) is 0 Å². The summed E-state index contributed by atoms with van der Waals surface area (Å²) in [6.45, 7) is 4.00. The van der Waals surface area contributed by atoms with Crippen molar-refractivity contribution in [3.05, 3.63) is 71.8 Å². The van der Waals surface area contributed by atoms with Crippen molar-refractivity contribution < 1.29 is 23.8 Å². The molecule has 0 amide bonds. The van der Waals surface area contributed by atoms with E-state index in [1.54, 1.807) is 4.57 Å². The lowest BCUT2D eigenvalue weighted by Crippen LogP contribution is -2.41. The van der Waals surface area contributed by atoms with Crippen LogP contribution in [0.2, 0.25) is 0 Å². The Morgan fingerprint density at radius 2 is 1.89 bits per heavy atom. The molecule has 6 heteroatoms. The van der Waals surface area contributed by atoms with Crippen LogP contribution >= 0.6 is 0 Å². The topological polar surface area (TPSA) is 66.8 Å². The third-order valence-electron chi connectivity index (χ3n) is 4.48. The van der Waals surface area contributed by atoms with E-state index in [9.17, 15) is 9.59 Å². The predicted molar refractivity (Wildman–Crippen MR) is 99.2 cm³/mol. The summed E-state index contributed by atoms with van der Waals surface area (Å²) in [5, 5.41) is 0. The van der Waals surface area contributed by atoms with Crippen molar-refractivity contribution in [2.45, 2.75) is 38.8 Å². The van der Waals surface area contributed by atoms with Crippen molar-refractivity contribution >= 4 is 12.2 Å². The summed E-state index contributed by atoms with van der Waals surface area (Å²) in [5.74, 6) is -0.193. The molecule has 6 nitrogen and oxygen atoms in total. The van der Waals surface area contributed by atoms with E-state index in [2.05, 4.69) is 0 Å². The number of carbonyl (C=O) groups excluding carboxylic acids is 2. The minimum atomic E-state index is -0.535. The first-order valence-electron chi connectivity index (χ1n) is 8.87. The number of aryl methyl sites for hydroxylation is 2. The molecular formula is C21H23NO5. The number of hydrogen-bond donors (Lipinski definition) is 0. The van der Waals surface area contributed by atoms with Gasteiger partial charge in [0.2, 0.25) is 0 Å². The van der Waals surface area contributed by atoms with Gasteiger partial charge in [0.15, 0.2) is 6.29 Å². The number of ether oxygens (including phenoxy) is 3. The van der Waals surface area contributed by atoms with Gasteiger partial charge in [-0.15, -0.1) is 0 Å². The van der Waals surface area contributed by atoms with E-state index in [1.807, 2.05) is 56.3 Å². The van der Waals surface area contributed by atoms with Crippen molar-refractivity contribution in [2.24, 2.45) is 0 Å². The molecule has 0 aliphatic carbocycles. The average Bonchev–Trinajstić information content (AvgIpc) is 3.02. The smallest absolute Gasteiger partial charge is 0.258 e. The quantitative estimate of drug-likeness (QED) is 0.444. The number of aromatic nitrogens is 1. The van der Waals surface area contributed by atoms with Crippen LogP contribution in [0, 0.1) is 13.8 Å². The van der Waals surface area contributed by atoms with Gasteiger partial charge >= 0.3 is 0 Å². The van der Waals surface area contributed by atoms with Gasteiger partial charge < -0.3 is 19.0 Å². The molecule has 2 aromatic rings. The van der Waals surface area contributed by atoms with Gasteiger partial charge in [-0.2, -0.15) is 0 Å². The highest BCUT2D eigenvalue weighted by molar-refractivity contribution is 5.90. The third kappa shape index (κ3) is 4.53. The summed E-state index contributed by atoms with van der Waals surface area (Å²) in [7, 11) is 0. The molecule has 1 aromatic heterocycles. The Hall–Kier alpha value is -2.70. The largest absolute Gasteiger partial charge is 0.493 e. The highest BCUT2D eigenvalue weighted by Gasteiger charge is 2.33. The van der Waals surface area contributed by atoms with Gasteiger partial charge in [0, 0.05) is 29.4 Å². The van der Waals surface area contributed by atoms with Crippen molar-refractivity contribution in [1.82, 2.24) is 4.57 Å². The lowest BCUT2D eigenvalue weighted by atomic mass is 10.1. The Bertz CT molecular complexity index is 792. The number of benzene rings is 1. The van der Waals surface area contributed by atoms with Crippen LogP contribution in [0.4, 0.5) is 0 Å². The Morgan fingerprint density at radius 3 is 2.56 bits per heavy atom. The number of aldehydes is 1. The molecule has 1 saturated heterocycles. The monoisotopic (exact) mass is 369 g/mol. The first-order chi connectivity index (χ1) is 13.1. The standard InChI is InChI=1S/C21H23NO5/c1-15-8-9-16(2)22(15)20(24)11-13-25-19-14-26-21(27-18(19)10-12-23)17-6-4-3-5-7-17/h3-9,11-13,18-19,21H,10,14H2,1-2H3/b13-11+/t18-,19+,21+/m0/s1. The second-order valence-electron chi connectivity index (χ2n) is 6.42. The van der Waals surface area contributed by atoms with Gasteiger partial charge in [-0.25, -0.2) is 0 Å². The van der Waals surface area contributed by atoms with Crippen LogP contribution in [-0.4, -0.2) is 35.6 Å². The predicted octanol–water partition coefficient (Wildman–Crippen LogP) is 3.35. The molecule has 0 N–H and O–H groups in total. The van der Waals surface area contributed by atoms with Crippen molar-refractivity contribution in [1.29, 1.82) is 0 Å². The van der Waals surface area contributed by atoms with Crippen LogP contribution < -0.4 is 0 Å². The van der Waals surface area contributed by atoms with Crippen LogP contribution in [0.1, 0.15) is 34.5 Å². The molecule has 1 aromatic carbocycles. The summed E-state index contributed by atoms with van der Waals surface area (Å²) in [5.41, 5.74) is 2.60. The molecule has 3 atom stereocenters. The van der Waals surface area contributed by atoms with Gasteiger partial charge in [-0.1, -0.05) is 30.3 Å². The van der Waals surface area contributed by atoms with Gasteiger partial charge in [-0.05, 0) is 26.0 Å². The number of nitrogens with zero attached hydrogens (tertiary/aromatic N) is 1. The summed E-state index contributed by atoms with van der Waals surface area (Å²) in [6, 6.07) is 13.3. The zero-order valence-electron chi connectivity index (χ0n) is 15.4. The van der Waals surface area contributed by atoms with Gasteiger partial charge in [0.1, 0.15) is 18.5 Å². The summed E-state index contributed by atoms with van der Waals surface area (Å²) in [4.78, 5) is 23.3. The summed E-state index contributed by atoms with van der Waals surface area (Å²) < 4.78 is 18.9. The number of carbonyl (C=O) groups is 2. The second-order valence-corrected chi connectivity index (χ2v) is 6.42. The Kier molecular flexibility index (Phi) is 6.21. The van der Waals surface area contributed by atoms with E-state index in [0.717, 1.165) is 23.2 Å². The number of hydrogen-bond acceptors (Lipinski definition) is 5. The summed E-state index contributed by atoms with van der Waals surface area (Å²) >= 11 is 0. The van der Waals surface area contributed by atoms with Crippen molar-refractivity contribution in [3.63, 3.8) is 0 Å². The summed E-state index contributed by atoms with van der Waals surface area (Å²) in [6.07, 6.45) is 2.25. The van der Waals surface area contributed by atoms with Crippen LogP contribution in [0.3, 0.4) is 0 Å². The molecule has 3 rings (SSSR count). The lowest BCUT2D eigenvalue weighted by molar-refractivity contribution is -0.256. The van der Waals surface area contributed by atoms with Crippen LogP contribution in [-0.2, 0) is 19.0 Å². The third-order valence-corrected chi connectivity index (χ3v) is 4.48. The molecule has 0 bridgehead atoms. The number of allylic oxidation sites excluding steroid dienone is 1. The Morgan fingerprint density at radius 1 is 1.19 bits per heavy atom. The molecule has 0 saturated carbocycles. The highest BCUT2D eigenvalue weighted by Crippen LogP contribution is 2.28. The van der Waals surface area contributed by atoms with Crippen LogP contribution in [0.15, 0.2) is 54.8 Å². The zero-order valence-corrected chi connectivity index (χ0v) is 15.4. The van der Waals surface area contributed by atoms with Crippen LogP contribution in [0.25, 0.3) is 0 Å². The lowest BCUT2D eigenvalue weighted by Gasteiger charge is -2.35. The minimum absolute atomic E-state index is 0.189. The molecule has 2 heterocycles. The molecule has 1 aliphatic heterocycles. The fourth-order valence-corrected chi connectivity index (χ4v) is 3.08. The highest BCUT2D eigenvalue weighted by atomic mass is 16.7. The molecule has 0 radical (unpaired) electrons. The SMILES string of the molecule is Cc1ccc(C)n1C(=O)/C=C/O[C@@H]1CO[C@@H](c2ccccc2)O[C@H]1CC=O. The maximum Gasteiger partial charge on any atom is 0.258 e. The van der Waals surface area contributed by atoms with Gasteiger partial charge in [-0.3, -0.25) is 9.36 Å². The normalized spacial score (nSPS) is 22.7. The van der Waals surface area contributed by atoms with Gasteiger partial charge in [0.25, 0.3) is 5.91 Å². The minimum Gasteiger partial charge on any atom is -0.493 e. The molecular weight excluding hydrogens is 346 g/mol. The molecule has 1 aliphatic rings. The first kappa shape index (κ1) is 19.1. The molecule has 142 valence electrons. The van der Waals surface area contributed by atoms with Gasteiger partial charge in [0.05, 0.1) is 12.9 Å². The Labute approximate surface area is 158 Å². The fraction of sp³-hybridized carbons (Fsp3) is 0.333. The fourth-order valence-electron chi connectivity index (χ4n) is 3.08. The van der Waals surface area contributed by atoms with E-state index >= 15 is 0 Å². The molecule has 1 fully saturated rings. The molecule has 27 heavy (non-hydrogen) atoms. The van der Waals surface area contributed by atoms with E-state index in [-0.39, 0.29) is 18.9 Å². The van der Waals surface area contributed by atoms with E-state index in [4.69, 9.17) is 14.2 Å². The first-order valence-corrected chi connectivity index (χ1v) is 8.87. The zero-order chi connectivity index (χ0) is 19.2. The molecule has 0 spiro atoms. The molecule has 0 unspecified atom stereocenters. The van der Waals surface area contributed by atoms with E-state index in [1.165, 1.54) is 12.3 Å². The van der Waals surface area contributed by atoms with Crippen LogP contribution in [0.5, 0.6) is 0 Å². The van der Waals surface area contributed by atoms with Crippen molar-refractivity contribution in [2.75, 3.05) is 6.61 Å².